The van der Waals surface area contributed by atoms with Gasteiger partial charge in [-0.3, -0.25) is 9.69 Å². The number of amides is 1. The summed E-state index contributed by atoms with van der Waals surface area (Å²) in [7, 11) is 1.64. The fraction of sp³-hybridized carbons (Fsp3) is 0.391. The van der Waals surface area contributed by atoms with E-state index in [4.69, 9.17) is 18.6 Å². The number of piperidine rings is 1. The van der Waals surface area contributed by atoms with Crippen LogP contribution in [-0.4, -0.2) is 36.0 Å². The van der Waals surface area contributed by atoms with Gasteiger partial charge in [0.2, 0.25) is 11.8 Å². The zero-order valence-electron chi connectivity index (χ0n) is 17.4. The van der Waals surface area contributed by atoms with Crippen molar-refractivity contribution in [3.8, 4) is 17.2 Å². The molecule has 7 nitrogen and oxygen atoms in total. The van der Waals surface area contributed by atoms with Crippen molar-refractivity contribution >= 4 is 5.91 Å². The Morgan fingerprint density at radius 3 is 2.87 bits per heavy atom. The molecule has 1 aliphatic rings. The van der Waals surface area contributed by atoms with Crippen molar-refractivity contribution in [3.05, 3.63) is 59.9 Å². The minimum absolute atomic E-state index is 0.0259. The van der Waals surface area contributed by atoms with Crippen LogP contribution in [0.4, 0.5) is 0 Å². The van der Waals surface area contributed by atoms with Crippen molar-refractivity contribution in [1.29, 1.82) is 0 Å². The molecular formula is C23H27N3O4. The lowest BCUT2D eigenvalue weighted by Gasteiger charge is -2.31. The molecule has 3 heterocycles. The van der Waals surface area contributed by atoms with Gasteiger partial charge in [-0.25, -0.2) is 4.98 Å². The Morgan fingerprint density at radius 1 is 1.30 bits per heavy atom. The molecule has 1 saturated heterocycles. The quantitative estimate of drug-likeness (QED) is 0.640. The fourth-order valence-corrected chi connectivity index (χ4v) is 3.79. The van der Waals surface area contributed by atoms with Crippen molar-refractivity contribution in [2.24, 2.45) is 5.92 Å². The highest BCUT2D eigenvalue weighted by Gasteiger charge is 2.27. The molecule has 1 aromatic carbocycles. The van der Waals surface area contributed by atoms with Gasteiger partial charge in [-0.2, -0.15) is 0 Å². The van der Waals surface area contributed by atoms with Crippen molar-refractivity contribution < 1.29 is 18.4 Å². The topological polar surface area (TPSA) is 80.7 Å². The zero-order chi connectivity index (χ0) is 20.9. The number of likely N-dealkylation sites (tertiary alicyclic amines) is 1. The van der Waals surface area contributed by atoms with Crippen molar-refractivity contribution in [1.82, 2.24) is 15.2 Å². The Morgan fingerprint density at radius 2 is 2.13 bits per heavy atom. The molecule has 1 fully saturated rings. The number of ether oxygens (including phenoxy) is 1. The molecule has 1 N–H and O–H groups in total. The molecule has 0 saturated carbocycles. The first-order valence-corrected chi connectivity index (χ1v) is 10.3. The first kappa shape index (κ1) is 20.2. The van der Waals surface area contributed by atoms with Crippen molar-refractivity contribution in [3.63, 3.8) is 0 Å². The molecule has 0 radical (unpaired) electrons. The number of nitrogens with zero attached hydrogens (tertiary/aromatic N) is 2. The third kappa shape index (κ3) is 4.74. The second-order valence-corrected chi connectivity index (χ2v) is 7.62. The number of oxazole rings is 1. The van der Waals surface area contributed by atoms with Crippen LogP contribution in [0.3, 0.4) is 0 Å². The smallest absolute Gasteiger partial charge is 0.226 e. The van der Waals surface area contributed by atoms with Crippen LogP contribution in [0.5, 0.6) is 5.75 Å². The van der Waals surface area contributed by atoms with E-state index in [1.807, 2.05) is 43.3 Å². The first-order valence-electron chi connectivity index (χ1n) is 10.3. The first-order chi connectivity index (χ1) is 14.6. The Balaban J connectivity index is 1.36. The summed E-state index contributed by atoms with van der Waals surface area (Å²) in [4.78, 5) is 19.6. The maximum absolute atomic E-state index is 12.6. The summed E-state index contributed by atoms with van der Waals surface area (Å²) >= 11 is 0. The average Bonchev–Trinajstić information content (AvgIpc) is 3.42. The summed E-state index contributed by atoms with van der Waals surface area (Å²) in [6.45, 7) is 4.70. The molecule has 158 valence electrons. The Labute approximate surface area is 176 Å². The van der Waals surface area contributed by atoms with Gasteiger partial charge >= 0.3 is 0 Å². The number of aryl methyl sites for hydroxylation is 1. The van der Waals surface area contributed by atoms with Gasteiger partial charge in [-0.15, -0.1) is 0 Å². The standard InChI is InChI=1S/C23H27N3O4/c1-16-21(25-23(30-16)17-7-9-19(28-2)10-8-17)15-26-11-3-5-18(14-26)22(27)24-13-20-6-4-12-29-20/h4,6-10,12,18H,3,5,11,13-15H2,1-2H3,(H,24,27). The summed E-state index contributed by atoms with van der Waals surface area (Å²) in [5.74, 6) is 3.03. The van der Waals surface area contributed by atoms with Crippen LogP contribution < -0.4 is 10.1 Å². The third-order valence-corrected chi connectivity index (χ3v) is 5.50. The SMILES string of the molecule is COc1ccc(-c2nc(CN3CCCC(C(=O)NCc4ccco4)C3)c(C)o2)cc1. The van der Waals surface area contributed by atoms with Gasteiger partial charge in [0.25, 0.3) is 0 Å². The van der Waals surface area contributed by atoms with Crippen LogP contribution in [0.1, 0.15) is 30.1 Å². The van der Waals surface area contributed by atoms with E-state index in [0.29, 0.717) is 25.5 Å². The number of aromatic nitrogens is 1. The predicted octanol–water partition coefficient (Wildman–Crippen LogP) is 3.78. The van der Waals surface area contributed by atoms with Gasteiger partial charge in [0.15, 0.2) is 0 Å². The highest BCUT2D eigenvalue weighted by molar-refractivity contribution is 5.78. The van der Waals surface area contributed by atoms with E-state index in [9.17, 15) is 4.79 Å². The van der Waals surface area contributed by atoms with Gasteiger partial charge in [-0.05, 0) is 62.7 Å². The molecule has 30 heavy (non-hydrogen) atoms. The number of furan rings is 1. The van der Waals surface area contributed by atoms with E-state index < -0.39 is 0 Å². The van der Waals surface area contributed by atoms with E-state index in [-0.39, 0.29) is 11.8 Å². The number of benzene rings is 1. The van der Waals surface area contributed by atoms with Crippen LogP contribution in [0, 0.1) is 12.8 Å². The normalized spacial score (nSPS) is 17.1. The third-order valence-electron chi connectivity index (χ3n) is 5.50. The number of methoxy groups -OCH3 is 1. The van der Waals surface area contributed by atoms with E-state index >= 15 is 0 Å². The van der Waals surface area contributed by atoms with E-state index in [0.717, 1.165) is 47.9 Å². The Hall–Kier alpha value is -3.06. The average molecular weight is 409 g/mol. The molecule has 4 rings (SSSR count). The van der Waals surface area contributed by atoms with E-state index in [2.05, 4.69) is 10.2 Å². The largest absolute Gasteiger partial charge is 0.497 e. The summed E-state index contributed by atoms with van der Waals surface area (Å²) < 4.78 is 16.4. The minimum atomic E-state index is -0.0259. The molecule has 0 spiro atoms. The number of nitrogens with one attached hydrogen (secondary N) is 1. The van der Waals surface area contributed by atoms with Gasteiger partial charge in [-0.1, -0.05) is 0 Å². The van der Waals surface area contributed by atoms with Gasteiger partial charge in [0.05, 0.1) is 31.5 Å². The van der Waals surface area contributed by atoms with Crippen molar-refractivity contribution in [2.45, 2.75) is 32.9 Å². The monoisotopic (exact) mass is 409 g/mol. The van der Waals surface area contributed by atoms with Gasteiger partial charge < -0.3 is 18.9 Å². The molecular weight excluding hydrogens is 382 g/mol. The maximum atomic E-state index is 12.6. The van der Waals surface area contributed by atoms with E-state index in [1.54, 1.807) is 13.4 Å². The van der Waals surface area contributed by atoms with Crippen LogP contribution in [-0.2, 0) is 17.9 Å². The maximum Gasteiger partial charge on any atom is 0.226 e. The van der Waals surface area contributed by atoms with Gasteiger partial charge in [0, 0.05) is 18.7 Å². The minimum Gasteiger partial charge on any atom is -0.497 e. The highest BCUT2D eigenvalue weighted by atomic mass is 16.5. The predicted molar refractivity (Wildman–Crippen MR) is 112 cm³/mol. The summed E-state index contributed by atoms with van der Waals surface area (Å²) in [5.41, 5.74) is 1.83. The lowest BCUT2D eigenvalue weighted by atomic mass is 9.97. The summed E-state index contributed by atoms with van der Waals surface area (Å²) in [6.07, 6.45) is 3.50. The number of hydrogen-bond acceptors (Lipinski definition) is 6. The highest BCUT2D eigenvalue weighted by Crippen LogP contribution is 2.26. The number of rotatable bonds is 7. The lowest BCUT2D eigenvalue weighted by molar-refractivity contribution is -0.127. The number of carbonyl (C=O) groups excluding carboxylic acids is 1. The van der Waals surface area contributed by atoms with Crippen LogP contribution in [0.25, 0.3) is 11.5 Å². The molecule has 0 aliphatic carbocycles. The molecule has 0 bridgehead atoms. The molecule has 1 unspecified atom stereocenters. The van der Waals surface area contributed by atoms with Gasteiger partial charge in [0.1, 0.15) is 17.3 Å². The van der Waals surface area contributed by atoms with Crippen LogP contribution in [0.2, 0.25) is 0 Å². The van der Waals surface area contributed by atoms with Crippen LogP contribution in [0.15, 0.2) is 51.5 Å². The van der Waals surface area contributed by atoms with Crippen molar-refractivity contribution in [2.75, 3.05) is 20.2 Å². The molecule has 1 aliphatic heterocycles. The molecule has 3 aromatic rings. The number of carbonyl (C=O) groups is 1. The summed E-state index contributed by atoms with van der Waals surface area (Å²) in [5, 5.41) is 2.98. The fourth-order valence-electron chi connectivity index (χ4n) is 3.79. The lowest BCUT2D eigenvalue weighted by Crippen LogP contribution is -2.42. The molecule has 1 amide bonds. The molecule has 7 heteroatoms. The second-order valence-electron chi connectivity index (χ2n) is 7.62. The number of hydrogen-bond donors (Lipinski definition) is 1. The summed E-state index contributed by atoms with van der Waals surface area (Å²) in [6, 6.07) is 11.4. The zero-order valence-corrected chi connectivity index (χ0v) is 17.4. The Kier molecular flexibility index (Phi) is 6.18. The molecule has 1 atom stereocenters. The Bertz CT molecular complexity index is 963. The van der Waals surface area contributed by atoms with E-state index in [1.165, 1.54) is 0 Å². The molecule has 2 aromatic heterocycles. The second kappa shape index (κ2) is 9.17. The van der Waals surface area contributed by atoms with Crippen LogP contribution >= 0.6 is 0 Å².